The highest BCUT2D eigenvalue weighted by atomic mass is 79.9. The SMILES string of the molecule is [NH3+]O[S+]([O])(=O)c1c(Br)cc(F)c2nonc12. The van der Waals surface area contributed by atoms with Crippen molar-refractivity contribution in [3.05, 3.63) is 16.4 Å². The van der Waals surface area contributed by atoms with Crippen LogP contribution in [0, 0.1) is 5.82 Å². The molecule has 16 heavy (non-hydrogen) atoms. The Morgan fingerprint density at radius 2 is 2.12 bits per heavy atom. The Hall–Kier alpha value is -0.940. The van der Waals surface area contributed by atoms with Gasteiger partial charge in [0.1, 0.15) is 0 Å². The van der Waals surface area contributed by atoms with Gasteiger partial charge in [-0.15, -0.1) is 0 Å². The van der Waals surface area contributed by atoms with Gasteiger partial charge in [-0.05, 0) is 36.5 Å². The van der Waals surface area contributed by atoms with E-state index in [0.717, 1.165) is 6.07 Å². The number of quaternary nitrogens is 1. The molecule has 1 unspecified atom stereocenters. The van der Waals surface area contributed by atoms with E-state index < -0.39 is 16.3 Å². The van der Waals surface area contributed by atoms with Crippen molar-refractivity contribution in [2.75, 3.05) is 0 Å². The summed E-state index contributed by atoms with van der Waals surface area (Å²) in [5, 5.41) is 6.56. The van der Waals surface area contributed by atoms with Crippen LogP contribution in [0.25, 0.3) is 11.0 Å². The van der Waals surface area contributed by atoms with Crippen LogP contribution in [0.1, 0.15) is 0 Å². The third kappa shape index (κ3) is 1.64. The van der Waals surface area contributed by atoms with Crippen LogP contribution < -0.4 is 5.90 Å². The highest BCUT2D eigenvalue weighted by Crippen LogP contribution is 2.33. The number of nitrogens with zero attached hydrogens (tertiary/aromatic N) is 2. The maximum Gasteiger partial charge on any atom is 0.485 e. The molecule has 3 N–H and O–H groups in total. The zero-order chi connectivity index (χ0) is 11.9. The van der Waals surface area contributed by atoms with Crippen LogP contribution in [0.2, 0.25) is 0 Å². The summed E-state index contributed by atoms with van der Waals surface area (Å²) in [5.41, 5.74) is -0.547. The number of hydrogen-bond donors (Lipinski definition) is 1. The van der Waals surface area contributed by atoms with E-state index in [1.165, 1.54) is 0 Å². The second kappa shape index (κ2) is 3.82. The van der Waals surface area contributed by atoms with Gasteiger partial charge in [-0.1, -0.05) is 0 Å². The summed E-state index contributed by atoms with van der Waals surface area (Å²) in [4.78, 5) is -0.375. The molecule has 0 bridgehead atoms. The summed E-state index contributed by atoms with van der Waals surface area (Å²) in [7, 11) is -4.13. The number of aromatic nitrogens is 2. The number of fused-ring (bicyclic) bond motifs is 1. The maximum absolute atomic E-state index is 13.3. The molecule has 1 aromatic carbocycles. The van der Waals surface area contributed by atoms with Crippen LogP contribution in [0.3, 0.4) is 0 Å². The molecule has 1 atom stereocenters. The molecule has 2 rings (SSSR count). The van der Waals surface area contributed by atoms with E-state index in [9.17, 15) is 13.2 Å². The molecule has 2 aromatic rings. The Kier molecular flexibility index (Phi) is 2.75. The fourth-order valence-electron chi connectivity index (χ4n) is 1.15. The Bertz CT molecular complexity index is 603. The number of halogens is 2. The fourth-order valence-corrected chi connectivity index (χ4v) is 2.92. The standard InChI is InChI=1S/C6H4BrFN3O4S/c7-2-1-3(8)4-5(11-15-10-4)6(2)16(12,13)14-9/h1H,9H3/q+2. The quantitative estimate of drug-likeness (QED) is 0.637. The molecule has 7 nitrogen and oxygen atoms in total. The summed E-state index contributed by atoms with van der Waals surface area (Å²) < 4.78 is 44.6. The maximum atomic E-state index is 13.3. The lowest BCUT2D eigenvalue weighted by Gasteiger charge is -1.97. The van der Waals surface area contributed by atoms with Crippen LogP contribution in [-0.4, -0.2) is 10.3 Å². The molecule has 85 valence electrons. The van der Waals surface area contributed by atoms with Gasteiger partial charge >= 0.3 is 10.5 Å². The highest BCUT2D eigenvalue weighted by molar-refractivity contribution is 9.10. The molecule has 0 aliphatic rings. The van der Waals surface area contributed by atoms with Gasteiger partial charge < -0.3 is 0 Å². The average Bonchev–Trinajstić information content (AvgIpc) is 2.66. The average molecular weight is 313 g/mol. The summed E-state index contributed by atoms with van der Waals surface area (Å²) >= 11 is 2.89. The minimum absolute atomic E-state index is 0.0446. The number of hydrogen-bond acceptors (Lipinski definition) is 5. The monoisotopic (exact) mass is 312 g/mol. The molecule has 0 aliphatic heterocycles. The van der Waals surface area contributed by atoms with Crippen molar-refractivity contribution in [1.82, 2.24) is 10.3 Å². The van der Waals surface area contributed by atoms with Gasteiger partial charge in [-0.2, -0.15) is 5.90 Å². The van der Waals surface area contributed by atoms with Gasteiger partial charge in [0, 0.05) is 0 Å². The third-order valence-corrected chi connectivity index (χ3v) is 3.92. The van der Waals surface area contributed by atoms with E-state index in [0.29, 0.717) is 0 Å². The highest BCUT2D eigenvalue weighted by Gasteiger charge is 2.44. The number of rotatable bonds is 2. The minimum atomic E-state index is -4.13. The number of benzene rings is 1. The van der Waals surface area contributed by atoms with E-state index in [-0.39, 0.29) is 20.4 Å². The second-order valence-electron chi connectivity index (χ2n) is 2.70. The van der Waals surface area contributed by atoms with E-state index >= 15 is 0 Å². The fraction of sp³-hybridized carbons (Fsp3) is 0. The van der Waals surface area contributed by atoms with Crippen molar-refractivity contribution in [2.24, 2.45) is 0 Å². The van der Waals surface area contributed by atoms with Gasteiger partial charge in [0.15, 0.2) is 11.3 Å². The molecular formula is C6H4BrFN3O4S+2. The minimum Gasteiger partial charge on any atom is -0.243 e. The van der Waals surface area contributed by atoms with Gasteiger partial charge in [0.2, 0.25) is 5.52 Å². The van der Waals surface area contributed by atoms with Gasteiger partial charge in [0.05, 0.1) is 13.3 Å². The topological polar surface area (TPSA) is 113 Å². The summed E-state index contributed by atoms with van der Waals surface area (Å²) in [6.07, 6.45) is 0. The zero-order valence-electron chi connectivity index (χ0n) is 7.48. The molecule has 0 amide bonds. The van der Waals surface area contributed by atoms with Crippen LogP contribution in [-0.2, 0) is 23.5 Å². The van der Waals surface area contributed by atoms with Crippen molar-refractivity contribution < 1.29 is 28.0 Å². The first-order chi connectivity index (χ1) is 7.47. The lowest BCUT2D eigenvalue weighted by molar-refractivity contribution is -0.637. The molecule has 0 spiro atoms. The van der Waals surface area contributed by atoms with Crippen LogP contribution in [0.5, 0.6) is 0 Å². The summed E-state index contributed by atoms with van der Waals surface area (Å²) in [6, 6.07) is 0.929. The predicted molar refractivity (Wildman–Crippen MR) is 50.4 cm³/mol. The molecule has 0 saturated carbocycles. The largest absolute Gasteiger partial charge is 0.485 e. The van der Waals surface area contributed by atoms with Gasteiger partial charge in [-0.3, -0.25) is 0 Å². The molecule has 0 fully saturated rings. The van der Waals surface area contributed by atoms with E-state index in [1.54, 1.807) is 0 Å². The van der Waals surface area contributed by atoms with E-state index in [4.69, 9.17) is 0 Å². The molecule has 1 aromatic heterocycles. The van der Waals surface area contributed by atoms with Gasteiger partial charge in [0.25, 0.3) is 4.90 Å². The first-order valence-corrected chi connectivity index (χ1v) is 5.96. The summed E-state index contributed by atoms with van der Waals surface area (Å²) in [5.74, 6) is 2.05. The predicted octanol–water partition coefficient (Wildman–Crippen LogP) is 0.417. The van der Waals surface area contributed by atoms with E-state index in [1.807, 2.05) is 0 Å². The molecule has 1 radical (unpaired) electrons. The van der Waals surface area contributed by atoms with Crippen LogP contribution >= 0.6 is 15.9 Å². The smallest absolute Gasteiger partial charge is 0.243 e. The van der Waals surface area contributed by atoms with E-state index in [2.05, 4.69) is 41.1 Å². The Labute approximate surface area is 97.2 Å². The first kappa shape index (κ1) is 11.5. The zero-order valence-corrected chi connectivity index (χ0v) is 9.88. The lowest BCUT2D eigenvalue weighted by Crippen LogP contribution is -2.52. The van der Waals surface area contributed by atoms with Crippen molar-refractivity contribution in [3.8, 4) is 0 Å². The molecule has 10 heteroatoms. The Morgan fingerprint density at radius 1 is 1.50 bits per heavy atom. The van der Waals surface area contributed by atoms with Crippen LogP contribution in [0.4, 0.5) is 4.39 Å². The normalized spacial score (nSPS) is 15.2. The Balaban J connectivity index is 2.88. The molecule has 0 aliphatic carbocycles. The third-order valence-electron chi connectivity index (χ3n) is 1.81. The van der Waals surface area contributed by atoms with Crippen molar-refractivity contribution in [3.63, 3.8) is 0 Å². The second-order valence-corrected chi connectivity index (χ2v) is 5.11. The molecule has 0 saturated heterocycles. The summed E-state index contributed by atoms with van der Waals surface area (Å²) in [6.45, 7) is 0. The van der Waals surface area contributed by atoms with Gasteiger partial charge in [-0.25, -0.2) is 9.02 Å². The van der Waals surface area contributed by atoms with Crippen molar-refractivity contribution in [2.45, 2.75) is 4.90 Å². The van der Waals surface area contributed by atoms with Crippen LogP contribution in [0.15, 0.2) is 20.1 Å². The molecule has 1 heterocycles. The molecular weight excluding hydrogens is 309 g/mol. The van der Waals surface area contributed by atoms with Crippen molar-refractivity contribution in [1.29, 1.82) is 0 Å². The lowest BCUT2D eigenvalue weighted by atomic mass is 10.3. The Morgan fingerprint density at radius 3 is 2.75 bits per heavy atom. The van der Waals surface area contributed by atoms with Crippen molar-refractivity contribution >= 4 is 37.5 Å². The first-order valence-electron chi connectivity index (χ1n) is 3.76.